The molecular weight excluding hydrogens is 144 g/mol. The Morgan fingerprint density at radius 3 is 2.91 bits per heavy atom. The molecule has 0 saturated carbocycles. The van der Waals surface area contributed by atoms with E-state index in [0.29, 0.717) is 25.4 Å². The molecule has 0 aliphatic carbocycles. The van der Waals surface area contributed by atoms with E-state index in [2.05, 4.69) is 10.8 Å². The summed E-state index contributed by atoms with van der Waals surface area (Å²) >= 11 is 0. The predicted molar refractivity (Wildman–Crippen MR) is 37.7 cm³/mol. The summed E-state index contributed by atoms with van der Waals surface area (Å²) in [4.78, 5) is 12.4. The molecule has 1 fully saturated rings. The molecule has 0 N–H and O–H groups in total. The summed E-state index contributed by atoms with van der Waals surface area (Å²) in [6.07, 6.45) is 0.243. The molecule has 4 heteroatoms. The number of carbonyl (C=O) groups excluding carboxylic acids is 1. The Hall–Kier alpha value is -1.24. The smallest absolute Gasteiger partial charge is 0.409 e. The van der Waals surface area contributed by atoms with Crippen LogP contribution in [0.3, 0.4) is 0 Å². The van der Waals surface area contributed by atoms with Crippen LogP contribution in [0.1, 0.15) is 6.42 Å². The largest absolute Gasteiger partial charge is 0.453 e. The number of hydrogen-bond donors (Lipinski definition) is 0. The van der Waals surface area contributed by atoms with Crippen molar-refractivity contribution < 1.29 is 9.53 Å². The van der Waals surface area contributed by atoms with Gasteiger partial charge >= 0.3 is 6.09 Å². The molecule has 0 unspecified atom stereocenters. The minimum absolute atomic E-state index is 0.292. The minimum atomic E-state index is -0.292. The van der Waals surface area contributed by atoms with Gasteiger partial charge in [-0.1, -0.05) is 0 Å². The molecule has 1 aliphatic rings. The van der Waals surface area contributed by atoms with Gasteiger partial charge in [0.25, 0.3) is 0 Å². The molecule has 4 nitrogen and oxygen atoms in total. The third-order valence-corrected chi connectivity index (χ3v) is 1.77. The number of nitrogens with zero attached hydrogens (tertiary/aromatic N) is 2. The van der Waals surface area contributed by atoms with Gasteiger partial charge in [0.05, 0.1) is 13.2 Å². The van der Waals surface area contributed by atoms with Crippen LogP contribution >= 0.6 is 0 Å². The summed E-state index contributed by atoms with van der Waals surface area (Å²) < 4.78 is 4.48. The van der Waals surface area contributed by atoms with Crippen molar-refractivity contribution in [3.63, 3.8) is 0 Å². The van der Waals surface area contributed by atoms with Crippen molar-refractivity contribution in [1.82, 2.24) is 4.90 Å². The van der Waals surface area contributed by atoms with E-state index in [1.54, 1.807) is 4.90 Å². The van der Waals surface area contributed by atoms with Crippen LogP contribution in [0.25, 0.3) is 0 Å². The van der Waals surface area contributed by atoms with E-state index in [9.17, 15) is 4.79 Å². The lowest BCUT2D eigenvalue weighted by Gasteiger charge is -2.36. The quantitative estimate of drug-likeness (QED) is 0.555. The van der Waals surface area contributed by atoms with Crippen molar-refractivity contribution in [2.24, 2.45) is 5.92 Å². The topological polar surface area (TPSA) is 53.3 Å². The van der Waals surface area contributed by atoms with E-state index in [1.807, 2.05) is 0 Å². The lowest BCUT2D eigenvalue weighted by atomic mass is 9.98. The van der Waals surface area contributed by atoms with Crippen molar-refractivity contribution in [3.8, 4) is 6.07 Å². The van der Waals surface area contributed by atoms with Crippen LogP contribution in [-0.2, 0) is 4.74 Å². The van der Waals surface area contributed by atoms with E-state index in [0.717, 1.165) is 0 Å². The van der Waals surface area contributed by atoms with Crippen molar-refractivity contribution >= 4 is 6.09 Å². The number of methoxy groups -OCH3 is 1. The number of likely N-dealkylation sites (tertiary alicyclic amines) is 1. The number of nitriles is 1. The first kappa shape index (κ1) is 7.86. The second kappa shape index (κ2) is 3.24. The van der Waals surface area contributed by atoms with Crippen LogP contribution < -0.4 is 0 Å². The first-order valence-corrected chi connectivity index (χ1v) is 3.47. The third-order valence-electron chi connectivity index (χ3n) is 1.77. The summed E-state index contributed by atoms with van der Waals surface area (Å²) in [5.74, 6) is 0.360. The van der Waals surface area contributed by atoms with Gasteiger partial charge in [-0.2, -0.15) is 5.26 Å². The zero-order valence-corrected chi connectivity index (χ0v) is 6.41. The molecule has 0 aromatic rings. The highest BCUT2D eigenvalue weighted by molar-refractivity contribution is 5.68. The molecule has 1 heterocycles. The standard InChI is InChI=1S/C7H10N2O2/c1-11-7(10)9-4-6(5-9)2-3-8/h6H,2,4-5H2,1H3. The van der Waals surface area contributed by atoms with Gasteiger partial charge in [0.15, 0.2) is 0 Å². The van der Waals surface area contributed by atoms with E-state index in [-0.39, 0.29) is 6.09 Å². The molecule has 1 aliphatic heterocycles. The van der Waals surface area contributed by atoms with Gasteiger partial charge in [-0.3, -0.25) is 0 Å². The van der Waals surface area contributed by atoms with Crippen LogP contribution in [0.2, 0.25) is 0 Å². The number of rotatable bonds is 1. The Labute approximate surface area is 65.4 Å². The molecule has 0 spiro atoms. The lowest BCUT2D eigenvalue weighted by molar-refractivity contribution is 0.0691. The summed E-state index contributed by atoms with van der Waals surface area (Å²) in [5, 5.41) is 8.30. The van der Waals surface area contributed by atoms with Gasteiger partial charge in [0.1, 0.15) is 0 Å². The van der Waals surface area contributed by atoms with Crippen molar-refractivity contribution in [3.05, 3.63) is 0 Å². The van der Waals surface area contributed by atoms with E-state index in [4.69, 9.17) is 5.26 Å². The maximum Gasteiger partial charge on any atom is 0.409 e. The van der Waals surface area contributed by atoms with Gasteiger partial charge in [-0.05, 0) is 0 Å². The first-order valence-electron chi connectivity index (χ1n) is 3.47. The molecule has 1 rings (SSSR count). The van der Waals surface area contributed by atoms with Crippen molar-refractivity contribution in [2.45, 2.75) is 6.42 Å². The van der Waals surface area contributed by atoms with Crippen LogP contribution in [0.5, 0.6) is 0 Å². The average Bonchev–Trinajstić information content (AvgIpc) is 1.94. The number of carbonyl (C=O) groups is 1. The van der Waals surface area contributed by atoms with E-state index in [1.165, 1.54) is 7.11 Å². The number of hydrogen-bond acceptors (Lipinski definition) is 3. The Bertz CT molecular complexity index is 191. The minimum Gasteiger partial charge on any atom is -0.453 e. The highest BCUT2D eigenvalue weighted by atomic mass is 16.5. The van der Waals surface area contributed by atoms with Crippen LogP contribution in [0, 0.1) is 17.2 Å². The number of amides is 1. The summed E-state index contributed by atoms with van der Waals surface area (Å²) in [6, 6.07) is 2.07. The molecule has 0 aromatic carbocycles. The van der Waals surface area contributed by atoms with Crippen LogP contribution in [0.4, 0.5) is 4.79 Å². The fourth-order valence-electron chi connectivity index (χ4n) is 1.11. The molecule has 60 valence electrons. The second-order valence-corrected chi connectivity index (χ2v) is 2.60. The lowest BCUT2D eigenvalue weighted by Crippen LogP contribution is -2.49. The fourth-order valence-corrected chi connectivity index (χ4v) is 1.11. The summed E-state index contributed by atoms with van der Waals surface area (Å²) in [5.41, 5.74) is 0. The molecule has 0 atom stereocenters. The second-order valence-electron chi connectivity index (χ2n) is 2.60. The van der Waals surface area contributed by atoms with Crippen molar-refractivity contribution in [1.29, 1.82) is 5.26 Å². The highest BCUT2D eigenvalue weighted by Crippen LogP contribution is 2.18. The van der Waals surface area contributed by atoms with Crippen LogP contribution in [-0.4, -0.2) is 31.2 Å². The number of ether oxygens (including phenoxy) is 1. The molecular formula is C7H10N2O2. The van der Waals surface area contributed by atoms with Gasteiger partial charge < -0.3 is 9.64 Å². The van der Waals surface area contributed by atoms with Gasteiger partial charge in [-0.15, -0.1) is 0 Å². The monoisotopic (exact) mass is 154 g/mol. The molecule has 0 radical (unpaired) electrons. The molecule has 11 heavy (non-hydrogen) atoms. The normalized spacial score (nSPS) is 16.9. The Kier molecular flexibility index (Phi) is 2.32. The van der Waals surface area contributed by atoms with E-state index < -0.39 is 0 Å². The van der Waals surface area contributed by atoms with E-state index >= 15 is 0 Å². The maximum atomic E-state index is 10.8. The zero-order chi connectivity index (χ0) is 8.27. The Balaban J connectivity index is 2.20. The fraction of sp³-hybridized carbons (Fsp3) is 0.714. The predicted octanol–water partition coefficient (Wildman–Crippen LogP) is 0.598. The molecule has 1 amide bonds. The molecule has 0 aromatic heterocycles. The Morgan fingerprint density at radius 1 is 1.82 bits per heavy atom. The van der Waals surface area contributed by atoms with Gasteiger partial charge in [-0.25, -0.2) is 4.79 Å². The maximum absolute atomic E-state index is 10.8. The third kappa shape index (κ3) is 1.61. The van der Waals surface area contributed by atoms with Crippen LogP contribution in [0.15, 0.2) is 0 Å². The van der Waals surface area contributed by atoms with Crippen molar-refractivity contribution in [2.75, 3.05) is 20.2 Å². The Morgan fingerprint density at radius 2 is 2.45 bits per heavy atom. The molecule has 1 saturated heterocycles. The highest BCUT2D eigenvalue weighted by Gasteiger charge is 2.30. The summed E-state index contributed by atoms with van der Waals surface area (Å²) in [7, 11) is 1.36. The first-order chi connectivity index (χ1) is 5.27. The zero-order valence-electron chi connectivity index (χ0n) is 6.41. The average molecular weight is 154 g/mol. The molecule has 0 bridgehead atoms. The van der Waals surface area contributed by atoms with Gasteiger partial charge in [0.2, 0.25) is 0 Å². The SMILES string of the molecule is COC(=O)N1CC(CC#N)C1. The van der Waals surface area contributed by atoms with Gasteiger partial charge in [0, 0.05) is 25.4 Å². The summed E-state index contributed by atoms with van der Waals surface area (Å²) in [6.45, 7) is 1.33.